The second-order valence-corrected chi connectivity index (χ2v) is 7.63. The minimum absolute atomic E-state index is 0.0643. The van der Waals surface area contributed by atoms with Crippen molar-refractivity contribution in [3.63, 3.8) is 0 Å². The van der Waals surface area contributed by atoms with Gasteiger partial charge in [0.05, 0.1) is 6.61 Å². The Morgan fingerprint density at radius 3 is 2.15 bits per heavy atom. The molecule has 0 heterocycles. The van der Waals surface area contributed by atoms with E-state index in [2.05, 4.69) is 26.1 Å². The molecule has 1 atom stereocenters. The van der Waals surface area contributed by atoms with Crippen LogP contribution in [0.1, 0.15) is 83.8 Å². The van der Waals surface area contributed by atoms with E-state index in [0.717, 1.165) is 74.1 Å². The van der Waals surface area contributed by atoms with Gasteiger partial charge in [-0.15, -0.1) is 0 Å². The minimum Gasteiger partial charge on any atom is -0.493 e. The van der Waals surface area contributed by atoms with Crippen molar-refractivity contribution in [2.45, 2.75) is 92.1 Å². The van der Waals surface area contributed by atoms with Crippen LogP contribution in [-0.2, 0) is 9.53 Å². The number of aryl methyl sites for hydroxylation is 2. The average molecular weight is 378 g/mol. The summed E-state index contributed by atoms with van der Waals surface area (Å²) >= 11 is 0. The van der Waals surface area contributed by atoms with E-state index in [1.807, 2.05) is 32.9 Å². The minimum atomic E-state index is -0.788. The van der Waals surface area contributed by atoms with Gasteiger partial charge in [0.2, 0.25) is 0 Å². The second kappa shape index (κ2) is 12.0. The number of carbonyl (C=O) groups excluding carboxylic acids is 1. The van der Waals surface area contributed by atoms with Crippen LogP contribution in [0.2, 0.25) is 0 Å². The van der Waals surface area contributed by atoms with E-state index in [1.54, 1.807) is 0 Å². The summed E-state index contributed by atoms with van der Waals surface area (Å²) in [6.07, 6.45) is 7.03. The molecule has 154 valence electrons. The Morgan fingerprint density at radius 1 is 0.963 bits per heavy atom. The fourth-order valence-electron chi connectivity index (χ4n) is 3.12. The molecule has 1 aromatic carbocycles. The third-order valence-electron chi connectivity index (χ3n) is 4.82. The van der Waals surface area contributed by atoms with Gasteiger partial charge in [-0.05, 0) is 63.3 Å². The summed E-state index contributed by atoms with van der Waals surface area (Å²) in [5.41, 5.74) is 2.11. The Hall–Kier alpha value is -1.55. The third-order valence-corrected chi connectivity index (χ3v) is 4.82. The van der Waals surface area contributed by atoms with Crippen molar-refractivity contribution in [2.75, 3.05) is 18.5 Å². The Balaban J connectivity index is 2.87. The second-order valence-electron chi connectivity index (χ2n) is 7.63. The zero-order valence-electron chi connectivity index (χ0n) is 18.2. The van der Waals surface area contributed by atoms with Gasteiger partial charge in [0, 0.05) is 12.3 Å². The number of rotatable bonds is 13. The molecule has 0 saturated heterocycles. The SMILES string of the molecule is CCCCCC(C)(OCCC)C(=O)Nc1cc(C)c(OCCCC)c(C)c1. The maximum absolute atomic E-state index is 13.0. The maximum atomic E-state index is 13.0. The lowest BCUT2D eigenvalue weighted by Crippen LogP contribution is -2.43. The van der Waals surface area contributed by atoms with Crippen LogP contribution in [0.15, 0.2) is 12.1 Å². The van der Waals surface area contributed by atoms with Crippen molar-refractivity contribution < 1.29 is 14.3 Å². The number of anilines is 1. The molecule has 4 heteroatoms. The standard InChI is InChI=1S/C23H39NO3/c1-7-10-12-13-23(6,27-14-9-3)22(25)24-20-16-18(4)21(19(5)17-20)26-15-11-8-2/h16-17H,7-15H2,1-6H3,(H,24,25). The number of hydrogen-bond donors (Lipinski definition) is 1. The number of carbonyl (C=O) groups is 1. The van der Waals surface area contributed by atoms with Gasteiger partial charge in [-0.2, -0.15) is 0 Å². The lowest BCUT2D eigenvalue weighted by molar-refractivity contribution is -0.140. The van der Waals surface area contributed by atoms with Crippen LogP contribution in [0, 0.1) is 13.8 Å². The first-order valence-corrected chi connectivity index (χ1v) is 10.6. The van der Waals surface area contributed by atoms with Gasteiger partial charge in [0.15, 0.2) is 0 Å². The van der Waals surface area contributed by atoms with Crippen molar-refractivity contribution in [1.29, 1.82) is 0 Å². The van der Waals surface area contributed by atoms with Crippen molar-refractivity contribution in [3.8, 4) is 5.75 Å². The van der Waals surface area contributed by atoms with Gasteiger partial charge in [-0.1, -0.05) is 46.5 Å². The van der Waals surface area contributed by atoms with E-state index in [1.165, 1.54) is 0 Å². The predicted molar refractivity (Wildman–Crippen MR) is 114 cm³/mol. The first-order chi connectivity index (χ1) is 12.9. The molecule has 0 aliphatic carbocycles. The summed E-state index contributed by atoms with van der Waals surface area (Å²) in [7, 11) is 0. The molecule has 0 fully saturated rings. The molecule has 1 unspecified atom stereocenters. The van der Waals surface area contributed by atoms with Gasteiger partial charge in [0.25, 0.3) is 5.91 Å². The quantitative estimate of drug-likeness (QED) is 0.417. The van der Waals surface area contributed by atoms with Crippen molar-refractivity contribution in [2.24, 2.45) is 0 Å². The first-order valence-electron chi connectivity index (χ1n) is 10.6. The molecule has 0 aliphatic heterocycles. The predicted octanol–water partition coefficient (Wildman–Crippen LogP) is 6.19. The number of nitrogens with one attached hydrogen (secondary N) is 1. The molecule has 0 bridgehead atoms. The first kappa shape index (κ1) is 23.5. The Morgan fingerprint density at radius 2 is 1.59 bits per heavy atom. The normalized spacial score (nSPS) is 13.3. The number of amides is 1. The highest BCUT2D eigenvalue weighted by atomic mass is 16.5. The van der Waals surface area contributed by atoms with Crippen LogP contribution >= 0.6 is 0 Å². The van der Waals surface area contributed by atoms with E-state index >= 15 is 0 Å². The third kappa shape index (κ3) is 7.53. The van der Waals surface area contributed by atoms with Crippen molar-refractivity contribution in [1.82, 2.24) is 0 Å². The lowest BCUT2D eigenvalue weighted by atomic mass is 9.96. The molecule has 4 nitrogen and oxygen atoms in total. The fourth-order valence-corrected chi connectivity index (χ4v) is 3.12. The molecule has 1 N–H and O–H groups in total. The molecule has 27 heavy (non-hydrogen) atoms. The van der Waals surface area contributed by atoms with Gasteiger partial charge in [-0.25, -0.2) is 0 Å². The Kier molecular flexibility index (Phi) is 10.5. The van der Waals surface area contributed by atoms with Crippen LogP contribution in [0.5, 0.6) is 5.75 Å². The summed E-state index contributed by atoms with van der Waals surface area (Å²) in [6, 6.07) is 3.97. The average Bonchev–Trinajstić information content (AvgIpc) is 2.62. The van der Waals surface area contributed by atoms with E-state index in [4.69, 9.17) is 9.47 Å². The Labute approximate surface area is 166 Å². The molecule has 1 rings (SSSR count). The van der Waals surface area contributed by atoms with Crippen LogP contribution in [0.3, 0.4) is 0 Å². The molecule has 0 aliphatic rings. The summed E-state index contributed by atoms with van der Waals surface area (Å²) < 4.78 is 11.9. The number of benzene rings is 1. The highest BCUT2D eigenvalue weighted by molar-refractivity contribution is 5.97. The van der Waals surface area contributed by atoms with Crippen molar-refractivity contribution in [3.05, 3.63) is 23.3 Å². The monoisotopic (exact) mass is 377 g/mol. The van der Waals surface area contributed by atoms with E-state index in [9.17, 15) is 4.79 Å². The van der Waals surface area contributed by atoms with Gasteiger partial charge >= 0.3 is 0 Å². The smallest absolute Gasteiger partial charge is 0.256 e. The topological polar surface area (TPSA) is 47.6 Å². The number of unbranched alkanes of at least 4 members (excludes halogenated alkanes) is 3. The lowest BCUT2D eigenvalue weighted by Gasteiger charge is -2.29. The van der Waals surface area contributed by atoms with E-state index in [0.29, 0.717) is 6.61 Å². The highest BCUT2D eigenvalue weighted by Crippen LogP contribution is 2.29. The molecular weight excluding hydrogens is 338 g/mol. The van der Waals surface area contributed by atoms with E-state index in [-0.39, 0.29) is 5.91 Å². The van der Waals surface area contributed by atoms with Crippen LogP contribution in [0.25, 0.3) is 0 Å². The zero-order chi connectivity index (χ0) is 20.3. The largest absolute Gasteiger partial charge is 0.493 e. The Bertz CT molecular complexity index is 562. The van der Waals surface area contributed by atoms with Crippen LogP contribution in [-0.4, -0.2) is 24.7 Å². The molecule has 0 saturated carbocycles. The molecule has 0 aromatic heterocycles. The summed E-state index contributed by atoms with van der Waals surface area (Å²) in [5, 5.41) is 3.07. The molecule has 0 radical (unpaired) electrons. The van der Waals surface area contributed by atoms with Crippen molar-refractivity contribution >= 4 is 11.6 Å². The van der Waals surface area contributed by atoms with Gasteiger partial charge < -0.3 is 14.8 Å². The number of hydrogen-bond acceptors (Lipinski definition) is 3. The maximum Gasteiger partial charge on any atom is 0.256 e. The summed E-state index contributed by atoms with van der Waals surface area (Å²) in [5.74, 6) is 0.861. The highest BCUT2D eigenvalue weighted by Gasteiger charge is 2.33. The van der Waals surface area contributed by atoms with E-state index < -0.39 is 5.60 Å². The summed E-state index contributed by atoms with van der Waals surface area (Å²) in [4.78, 5) is 13.0. The van der Waals surface area contributed by atoms with Crippen LogP contribution < -0.4 is 10.1 Å². The zero-order valence-corrected chi connectivity index (χ0v) is 18.2. The number of ether oxygens (including phenoxy) is 2. The van der Waals surface area contributed by atoms with Crippen LogP contribution in [0.4, 0.5) is 5.69 Å². The van der Waals surface area contributed by atoms with Gasteiger partial charge in [-0.3, -0.25) is 4.79 Å². The van der Waals surface area contributed by atoms with Gasteiger partial charge in [0.1, 0.15) is 11.4 Å². The molecule has 0 spiro atoms. The molecular formula is C23H39NO3. The molecule has 1 aromatic rings. The summed E-state index contributed by atoms with van der Waals surface area (Å²) in [6.45, 7) is 13.7. The molecule has 1 amide bonds. The fraction of sp³-hybridized carbons (Fsp3) is 0.696.